The second-order valence-electron chi connectivity index (χ2n) is 10.4. The van der Waals surface area contributed by atoms with Crippen LogP contribution in [0.25, 0.3) is 0 Å². The minimum absolute atomic E-state index is 0.0952. The van der Waals surface area contributed by atoms with Gasteiger partial charge in [-0.2, -0.15) is 0 Å². The van der Waals surface area contributed by atoms with E-state index < -0.39 is 5.60 Å². The predicted octanol–water partition coefficient (Wildman–Crippen LogP) is 2.71. The van der Waals surface area contributed by atoms with Gasteiger partial charge in [-0.25, -0.2) is 0 Å². The van der Waals surface area contributed by atoms with Gasteiger partial charge < -0.3 is 15.5 Å². The molecule has 0 heterocycles. The maximum absolute atomic E-state index is 11.5. The Labute approximate surface area is 154 Å². The van der Waals surface area contributed by atoms with Gasteiger partial charge in [-0.05, 0) is 80.5 Å². The fourth-order valence-electron chi connectivity index (χ4n) is 8.17. The van der Waals surface area contributed by atoms with Crippen LogP contribution in [0, 0.1) is 34.5 Å². The molecule has 0 aliphatic heterocycles. The monoisotopic (exact) mass is 350 g/mol. The molecular formula is C22H40NO2+. The van der Waals surface area contributed by atoms with Gasteiger partial charge in [0.2, 0.25) is 0 Å². The third kappa shape index (κ3) is 2.63. The van der Waals surface area contributed by atoms with E-state index in [0.717, 1.165) is 43.2 Å². The average Bonchev–Trinajstić information content (AvgIpc) is 2.86. The zero-order chi connectivity index (χ0) is 17.7. The van der Waals surface area contributed by atoms with Gasteiger partial charge in [0.15, 0.2) is 0 Å². The van der Waals surface area contributed by atoms with Crippen molar-refractivity contribution >= 4 is 0 Å². The lowest BCUT2D eigenvalue weighted by molar-refractivity contribution is -0.671. The molecule has 3 nitrogen and oxygen atoms in total. The first-order valence-electron chi connectivity index (χ1n) is 11.1. The molecule has 0 aromatic carbocycles. The van der Waals surface area contributed by atoms with Crippen LogP contribution in [-0.2, 0) is 0 Å². The number of rotatable bonds is 4. The van der Waals surface area contributed by atoms with E-state index in [4.69, 9.17) is 5.11 Å². The molecule has 4 saturated carbocycles. The molecule has 0 aromatic heterocycles. The summed E-state index contributed by atoms with van der Waals surface area (Å²) >= 11 is 0. The molecule has 0 amide bonds. The van der Waals surface area contributed by atoms with Crippen molar-refractivity contribution in [2.75, 3.05) is 19.7 Å². The lowest BCUT2D eigenvalue weighted by Crippen LogP contribution is -2.90. The van der Waals surface area contributed by atoms with Gasteiger partial charge in [-0.3, -0.25) is 0 Å². The predicted molar refractivity (Wildman–Crippen MR) is 100 cm³/mol. The van der Waals surface area contributed by atoms with Crippen LogP contribution in [-0.4, -0.2) is 35.5 Å². The SMILES string of the molecule is C[C@@]12CCCC[C@@H]1CC[C@H]1[C@@H]2CC[C@]2(C)[C@H]1CC[C@@]2(O)C[NH2+]CCO. The van der Waals surface area contributed by atoms with E-state index in [1.807, 2.05) is 0 Å². The Bertz CT molecular complexity index is 496. The van der Waals surface area contributed by atoms with E-state index in [0.29, 0.717) is 5.41 Å². The van der Waals surface area contributed by atoms with Gasteiger partial charge >= 0.3 is 0 Å². The number of fused-ring (bicyclic) bond motifs is 5. The summed E-state index contributed by atoms with van der Waals surface area (Å²) in [6.07, 6.45) is 13.4. The largest absolute Gasteiger partial charge is 0.391 e. The summed E-state index contributed by atoms with van der Waals surface area (Å²) < 4.78 is 0. The zero-order valence-electron chi connectivity index (χ0n) is 16.5. The lowest BCUT2D eigenvalue weighted by atomic mass is 9.44. The quantitative estimate of drug-likeness (QED) is 0.683. The first-order chi connectivity index (χ1) is 11.9. The third-order valence-electron chi connectivity index (χ3n) is 9.72. The molecule has 4 aliphatic rings. The molecular weight excluding hydrogens is 310 g/mol. The summed E-state index contributed by atoms with van der Waals surface area (Å²) in [6, 6.07) is 0. The molecule has 0 aromatic rings. The van der Waals surface area contributed by atoms with Crippen LogP contribution in [0.1, 0.15) is 78.1 Å². The molecule has 144 valence electrons. The summed E-state index contributed by atoms with van der Waals surface area (Å²) in [5.41, 5.74) is 0.159. The van der Waals surface area contributed by atoms with Crippen LogP contribution in [0.4, 0.5) is 0 Å². The number of quaternary nitrogens is 1. The minimum Gasteiger partial charge on any atom is -0.391 e. The van der Waals surface area contributed by atoms with Gasteiger partial charge in [0.25, 0.3) is 0 Å². The van der Waals surface area contributed by atoms with Gasteiger partial charge in [-0.1, -0.05) is 26.7 Å². The number of hydrogen-bond donors (Lipinski definition) is 3. The zero-order valence-corrected chi connectivity index (χ0v) is 16.5. The summed E-state index contributed by atoms with van der Waals surface area (Å²) in [7, 11) is 0. The fraction of sp³-hybridized carbons (Fsp3) is 1.00. The van der Waals surface area contributed by atoms with Gasteiger partial charge in [0.1, 0.15) is 12.1 Å². The van der Waals surface area contributed by atoms with Gasteiger partial charge in [-0.15, -0.1) is 0 Å². The Morgan fingerprint density at radius 2 is 1.72 bits per heavy atom. The Morgan fingerprint density at radius 1 is 0.920 bits per heavy atom. The second kappa shape index (κ2) is 6.49. The third-order valence-corrected chi connectivity index (χ3v) is 9.72. The first-order valence-corrected chi connectivity index (χ1v) is 11.1. The molecule has 0 saturated heterocycles. The fourth-order valence-corrected chi connectivity index (χ4v) is 8.17. The highest BCUT2D eigenvalue weighted by Crippen LogP contribution is 2.67. The minimum atomic E-state index is -0.526. The highest BCUT2D eigenvalue weighted by Gasteiger charge is 2.64. The van der Waals surface area contributed by atoms with Crippen LogP contribution in [0.2, 0.25) is 0 Å². The van der Waals surface area contributed by atoms with E-state index in [9.17, 15) is 5.11 Å². The molecule has 7 atom stereocenters. The Kier molecular flexibility index (Phi) is 4.74. The Morgan fingerprint density at radius 3 is 2.52 bits per heavy atom. The normalized spacial score (nSPS) is 52.3. The van der Waals surface area contributed by atoms with Crippen molar-refractivity contribution in [3.05, 3.63) is 0 Å². The van der Waals surface area contributed by atoms with Crippen molar-refractivity contribution in [2.24, 2.45) is 34.5 Å². The maximum Gasteiger partial charge on any atom is 0.119 e. The molecule has 4 aliphatic carbocycles. The smallest absolute Gasteiger partial charge is 0.119 e. The van der Waals surface area contributed by atoms with E-state index >= 15 is 0 Å². The van der Waals surface area contributed by atoms with Crippen molar-refractivity contribution in [3.63, 3.8) is 0 Å². The lowest BCUT2D eigenvalue weighted by Gasteiger charge is -2.61. The van der Waals surface area contributed by atoms with E-state index in [-0.39, 0.29) is 12.0 Å². The molecule has 4 fully saturated rings. The maximum atomic E-state index is 11.5. The van der Waals surface area contributed by atoms with Crippen LogP contribution >= 0.6 is 0 Å². The topological polar surface area (TPSA) is 57.1 Å². The van der Waals surface area contributed by atoms with Crippen molar-refractivity contribution in [3.8, 4) is 0 Å². The summed E-state index contributed by atoms with van der Waals surface area (Å²) in [5, 5.41) is 22.8. The number of aliphatic hydroxyl groups excluding tert-OH is 1. The molecule has 25 heavy (non-hydrogen) atoms. The standard InChI is InChI=1S/C22H39NO2/c1-20-10-4-3-5-16(20)6-7-17-18(20)8-11-21(2)19(17)9-12-22(21,25)15-23-13-14-24/h16-19,23-25H,3-15H2,1-2H3/p+1/t16-,17+,18+,19+,20-,21-,22-/m1/s1. The number of nitrogens with two attached hydrogens (primary N) is 1. The van der Waals surface area contributed by atoms with Crippen molar-refractivity contribution in [1.29, 1.82) is 0 Å². The summed E-state index contributed by atoms with van der Waals surface area (Å²) in [5.74, 6) is 3.46. The van der Waals surface area contributed by atoms with Crippen LogP contribution < -0.4 is 5.32 Å². The highest BCUT2D eigenvalue weighted by molar-refractivity contribution is 5.13. The van der Waals surface area contributed by atoms with Crippen molar-refractivity contribution in [2.45, 2.75) is 83.7 Å². The highest BCUT2D eigenvalue weighted by atomic mass is 16.3. The molecule has 0 radical (unpaired) electrons. The Hall–Kier alpha value is -0.120. The van der Waals surface area contributed by atoms with Gasteiger partial charge in [0.05, 0.1) is 13.2 Å². The van der Waals surface area contributed by atoms with Crippen LogP contribution in [0.15, 0.2) is 0 Å². The van der Waals surface area contributed by atoms with E-state index in [1.54, 1.807) is 0 Å². The Balaban J connectivity index is 1.55. The second-order valence-corrected chi connectivity index (χ2v) is 10.4. The summed E-state index contributed by atoms with van der Waals surface area (Å²) in [4.78, 5) is 0. The number of hydrogen-bond acceptors (Lipinski definition) is 2. The first kappa shape index (κ1) is 18.3. The van der Waals surface area contributed by atoms with Crippen LogP contribution in [0.5, 0.6) is 0 Å². The van der Waals surface area contributed by atoms with Crippen LogP contribution in [0.3, 0.4) is 0 Å². The molecule has 4 rings (SSSR count). The number of aliphatic hydroxyl groups is 2. The van der Waals surface area contributed by atoms with E-state index in [1.165, 1.54) is 57.8 Å². The van der Waals surface area contributed by atoms with Crippen molar-refractivity contribution in [1.82, 2.24) is 0 Å². The van der Waals surface area contributed by atoms with Crippen molar-refractivity contribution < 1.29 is 15.5 Å². The summed E-state index contributed by atoms with van der Waals surface area (Å²) in [6.45, 7) is 6.74. The molecule has 0 bridgehead atoms. The van der Waals surface area contributed by atoms with E-state index in [2.05, 4.69) is 19.2 Å². The van der Waals surface area contributed by atoms with Gasteiger partial charge in [0, 0.05) is 5.41 Å². The molecule has 3 heteroatoms. The molecule has 4 N–H and O–H groups in total. The average molecular weight is 351 g/mol. The molecule has 0 spiro atoms. The molecule has 0 unspecified atom stereocenters.